The number of carbonyl (C=O) groups is 1. The zero-order chi connectivity index (χ0) is 18.1. The molecule has 1 aliphatic heterocycles. The van der Waals surface area contributed by atoms with Gasteiger partial charge in [-0.1, -0.05) is 23.5 Å². The smallest absolute Gasteiger partial charge is 0.319 e. The summed E-state index contributed by atoms with van der Waals surface area (Å²) in [4.78, 5) is 20.4. The van der Waals surface area contributed by atoms with Gasteiger partial charge in [0.2, 0.25) is 0 Å². The molecular weight excluding hydrogens is 348 g/mol. The Morgan fingerprint density at radius 2 is 2.15 bits per heavy atom. The molecule has 7 nitrogen and oxygen atoms in total. The number of carbonyl (C=O) groups excluding carboxylic acids is 1. The van der Waals surface area contributed by atoms with Crippen molar-refractivity contribution in [1.82, 2.24) is 24.6 Å². The van der Waals surface area contributed by atoms with Crippen LogP contribution in [0.25, 0.3) is 10.2 Å². The van der Waals surface area contributed by atoms with Crippen molar-refractivity contribution in [3.63, 3.8) is 0 Å². The highest BCUT2D eigenvalue weighted by molar-refractivity contribution is 7.22. The van der Waals surface area contributed by atoms with Gasteiger partial charge in [0.1, 0.15) is 0 Å². The molecule has 1 N–H and O–H groups in total. The topological polar surface area (TPSA) is 66.3 Å². The first-order chi connectivity index (χ1) is 12.6. The second-order valence-corrected chi connectivity index (χ2v) is 7.67. The molecule has 1 aromatic carbocycles. The summed E-state index contributed by atoms with van der Waals surface area (Å²) in [5.41, 5.74) is 3.07. The van der Waals surface area contributed by atoms with Crippen molar-refractivity contribution in [2.24, 2.45) is 0 Å². The minimum atomic E-state index is 0.0498. The van der Waals surface area contributed by atoms with E-state index in [1.807, 2.05) is 27.8 Å². The summed E-state index contributed by atoms with van der Waals surface area (Å²) >= 11 is 1.65. The molecule has 2 amide bonds. The first-order valence-corrected chi connectivity index (χ1v) is 9.53. The van der Waals surface area contributed by atoms with E-state index in [1.54, 1.807) is 30.3 Å². The third-order valence-electron chi connectivity index (χ3n) is 4.43. The lowest BCUT2D eigenvalue weighted by molar-refractivity contribution is 0.169. The number of hydrogen-bond donors (Lipinski definition) is 1. The van der Waals surface area contributed by atoms with Crippen LogP contribution in [0.1, 0.15) is 17.8 Å². The maximum absolute atomic E-state index is 12.3. The van der Waals surface area contributed by atoms with Crippen molar-refractivity contribution < 1.29 is 4.79 Å². The Labute approximate surface area is 156 Å². The van der Waals surface area contributed by atoms with Crippen LogP contribution in [0.2, 0.25) is 0 Å². The number of aryl methyl sites for hydroxylation is 1. The Bertz CT molecular complexity index is 898. The van der Waals surface area contributed by atoms with Crippen molar-refractivity contribution in [3.8, 4) is 0 Å². The Balaban J connectivity index is 1.46. The molecule has 0 spiro atoms. The van der Waals surface area contributed by atoms with E-state index >= 15 is 0 Å². The number of anilines is 1. The van der Waals surface area contributed by atoms with Crippen LogP contribution in [0.5, 0.6) is 0 Å². The molecule has 0 bridgehead atoms. The average Bonchev–Trinajstić information content (AvgIpc) is 3.16. The molecule has 0 atom stereocenters. The molecule has 0 saturated heterocycles. The summed E-state index contributed by atoms with van der Waals surface area (Å²) in [6.45, 7) is 2.83. The molecule has 0 unspecified atom stereocenters. The molecule has 136 valence electrons. The molecule has 2 aromatic heterocycles. The predicted octanol–water partition coefficient (Wildman–Crippen LogP) is 2.99. The summed E-state index contributed by atoms with van der Waals surface area (Å²) in [6, 6.07) is 10.3. The maximum Gasteiger partial charge on any atom is 0.319 e. The summed E-state index contributed by atoms with van der Waals surface area (Å²) in [5, 5.41) is 8.97. The lowest BCUT2D eigenvalue weighted by atomic mass is 10.3. The fourth-order valence-electron chi connectivity index (χ4n) is 3.17. The van der Waals surface area contributed by atoms with Gasteiger partial charge in [0.05, 0.1) is 34.7 Å². The zero-order valence-corrected chi connectivity index (χ0v) is 15.8. The first-order valence-electron chi connectivity index (χ1n) is 8.71. The molecule has 0 aliphatic carbocycles. The van der Waals surface area contributed by atoms with E-state index < -0.39 is 0 Å². The second kappa shape index (κ2) is 6.95. The number of urea groups is 1. The van der Waals surface area contributed by atoms with Crippen LogP contribution < -0.4 is 5.32 Å². The van der Waals surface area contributed by atoms with Gasteiger partial charge in [0.25, 0.3) is 0 Å². The molecule has 3 aromatic rings. The lowest BCUT2D eigenvalue weighted by Crippen LogP contribution is -2.38. The van der Waals surface area contributed by atoms with E-state index in [-0.39, 0.29) is 6.03 Å². The van der Waals surface area contributed by atoms with Gasteiger partial charge in [-0.3, -0.25) is 4.68 Å². The van der Waals surface area contributed by atoms with Crippen LogP contribution >= 0.6 is 11.3 Å². The van der Waals surface area contributed by atoms with Crippen molar-refractivity contribution in [2.75, 3.05) is 26.0 Å². The number of benzene rings is 1. The number of rotatable bonds is 3. The summed E-state index contributed by atoms with van der Waals surface area (Å²) in [7, 11) is 3.58. The average molecular weight is 370 g/mol. The van der Waals surface area contributed by atoms with Crippen molar-refractivity contribution in [1.29, 1.82) is 0 Å². The van der Waals surface area contributed by atoms with Gasteiger partial charge in [0, 0.05) is 27.2 Å². The highest BCUT2D eigenvalue weighted by atomic mass is 32.1. The predicted molar refractivity (Wildman–Crippen MR) is 103 cm³/mol. The number of thiazole rings is 1. The van der Waals surface area contributed by atoms with Crippen LogP contribution in [-0.4, -0.2) is 51.2 Å². The number of aromatic nitrogens is 3. The molecule has 3 heterocycles. The second-order valence-electron chi connectivity index (χ2n) is 6.64. The van der Waals surface area contributed by atoms with Gasteiger partial charge >= 0.3 is 6.03 Å². The van der Waals surface area contributed by atoms with Crippen LogP contribution in [0.15, 0.2) is 30.3 Å². The van der Waals surface area contributed by atoms with Crippen LogP contribution in [-0.2, 0) is 19.6 Å². The Morgan fingerprint density at radius 3 is 2.96 bits per heavy atom. The van der Waals surface area contributed by atoms with Gasteiger partial charge in [-0.25, -0.2) is 9.78 Å². The van der Waals surface area contributed by atoms with Crippen LogP contribution in [0, 0.1) is 0 Å². The molecule has 0 radical (unpaired) electrons. The third-order valence-corrected chi connectivity index (χ3v) is 5.43. The first kappa shape index (κ1) is 16.8. The number of fused-ring (bicyclic) bond motifs is 2. The van der Waals surface area contributed by atoms with E-state index in [0.717, 1.165) is 41.5 Å². The molecule has 8 heteroatoms. The van der Waals surface area contributed by atoms with Crippen LogP contribution in [0.4, 0.5) is 9.93 Å². The number of nitrogens with zero attached hydrogens (tertiary/aromatic N) is 5. The maximum atomic E-state index is 12.3. The van der Waals surface area contributed by atoms with E-state index in [9.17, 15) is 4.79 Å². The van der Waals surface area contributed by atoms with E-state index in [2.05, 4.69) is 22.4 Å². The molecule has 1 aliphatic rings. The van der Waals surface area contributed by atoms with Crippen molar-refractivity contribution >= 4 is 32.7 Å². The summed E-state index contributed by atoms with van der Waals surface area (Å²) in [6.07, 6.45) is 0.916. The zero-order valence-electron chi connectivity index (χ0n) is 15.0. The molecule has 0 saturated carbocycles. The number of nitrogens with one attached hydrogen (secondary N) is 1. The lowest BCUT2D eigenvalue weighted by Gasteiger charge is -2.23. The third kappa shape index (κ3) is 3.37. The van der Waals surface area contributed by atoms with Gasteiger partial charge < -0.3 is 15.1 Å². The standard InChI is InChI=1S/C18H22N6OS/c1-22(2)18(25)23-8-5-9-24-14(12-23)10-13(21-24)11-19-17-20-15-6-3-4-7-16(15)26-17/h3-4,6-7,10H,5,8-9,11-12H2,1-2H3,(H,19,20). The van der Waals surface area contributed by atoms with Gasteiger partial charge in [-0.05, 0) is 24.6 Å². The number of para-hydroxylation sites is 1. The SMILES string of the molecule is CN(C)C(=O)N1CCCn2nc(CNc3nc4ccccc4s3)cc2C1. The van der Waals surface area contributed by atoms with Crippen LogP contribution in [0.3, 0.4) is 0 Å². The fraction of sp³-hybridized carbons (Fsp3) is 0.389. The highest BCUT2D eigenvalue weighted by Crippen LogP contribution is 2.25. The van der Waals surface area contributed by atoms with E-state index in [0.29, 0.717) is 13.1 Å². The largest absolute Gasteiger partial charge is 0.356 e. The van der Waals surface area contributed by atoms with Gasteiger partial charge in [0.15, 0.2) is 5.13 Å². The monoisotopic (exact) mass is 370 g/mol. The minimum absolute atomic E-state index is 0.0498. The number of amides is 2. The Hall–Kier alpha value is -2.61. The van der Waals surface area contributed by atoms with Gasteiger partial charge in [-0.2, -0.15) is 5.10 Å². The summed E-state index contributed by atoms with van der Waals surface area (Å²) in [5.74, 6) is 0. The van der Waals surface area contributed by atoms with Crippen molar-refractivity contribution in [2.45, 2.75) is 26.1 Å². The normalized spacial score (nSPS) is 14.2. The number of hydrogen-bond acceptors (Lipinski definition) is 5. The quantitative estimate of drug-likeness (QED) is 0.770. The van der Waals surface area contributed by atoms with Gasteiger partial charge in [-0.15, -0.1) is 0 Å². The molecular formula is C18H22N6OS. The minimum Gasteiger partial charge on any atom is -0.356 e. The highest BCUT2D eigenvalue weighted by Gasteiger charge is 2.21. The fourth-order valence-corrected chi connectivity index (χ4v) is 4.03. The van der Waals surface area contributed by atoms with E-state index in [1.165, 1.54) is 4.70 Å². The van der Waals surface area contributed by atoms with Crippen molar-refractivity contribution in [3.05, 3.63) is 41.7 Å². The molecule has 4 rings (SSSR count). The Kier molecular flexibility index (Phi) is 4.50. The Morgan fingerprint density at radius 1 is 1.31 bits per heavy atom. The molecule has 0 fully saturated rings. The van der Waals surface area contributed by atoms with E-state index in [4.69, 9.17) is 5.10 Å². The molecule has 26 heavy (non-hydrogen) atoms. The summed E-state index contributed by atoms with van der Waals surface area (Å²) < 4.78 is 3.20.